The topological polar surface area (TPSA) is 43.8 Å². The van der Waals surface area contributed by atoms with E-state index in [1.54, 1.807) is 6.20 Å². The maximum Gasteiger partial charge on any atom is 0.0723 e. The fraction of sp³-hybridized carbons (Fsp3) is 0.308. The SMILES string of the molecule is CCCn1nccc1C(N)c1ccc(Br)c(Cl)c1. The van der Waals surface area contributed by atoms with Crippen molar-refractivity contribution in [2.24, 2.45) is 5.73 Å². The fourth-order valence-electron chi connectivity index (χ4n) is 1.88. The minimum Gasteiger partial charge on any atom is -0.319 e. The van der Waals surface area contributed by atoms with Crippen LogP contribution in [0.25, 0.3) is 0 Å². The minimum atomic E-state index is -0.204. The van der Waals surface area contributed by atoms with Crippen LogP contribution in [-0.4, -0.2) is 9.78 Å². The molecule has 2 aromatic rings. The summed E-state index contributed by atoms with van der Waals surface area (Å²) in [5.74, 6) is 0. The maximum atomic E-state index is 6.28. The third-order valence-corrected chi connectivity index (χ3v) is 4.04. The highest BCUT2D eigenvalue weighted by Crippen LogP contribution is 2.27. The molecule has 5 heteroatoms. The molecule has 1 atom stereocenters. The molecule has 1 unspecified atom stereocenters. The number of benzene rings is 1. The highest BCUT2D eigenvalue weighted by atomic mass is 79.9. The Labute approximate surface area is 120 Å². The molecule has 96 valence electrons. The van der Waals surface area contributed by atoms with E-state index in [9.17, 15) is 0 Å². The van der Waals surface area contributed by atoms with Gasteiger partial charge in [-0.3, -0.25) is 4.68 Å². The second kappa shape index (κ2) is 5.87. The summed E-state index contributed by atoms with van der Waals surface area (Å²) in [4.78, 5) is 0. The summed E-state index contributed by atoms with van der Waals surface area (Å²) in [6.07, 6.45) is 2.81. The molecule has 0 radical (unpaired) electrons. The summed E-state index contributed by atoms with van der Waals surface area (Å²) >= 11 is 9.47. The molecule has 2 N–H and O–H groups in total. The van der Waals surface area contributed by atoms with Gasteiger partial charge in [0.1, 0.15) is 0 Å². The van der Waals surface area contributed by atoms with Gasteiger partial charge in [0.25, 0.3) is 0 Å². The number of nitrogens with zero attached hydrogens (tertiary/aromatic N) is 2. The zero-order valence-corrected chi connectivity index (χ0v) is 12.4. The van der Waals surface area contributed by atoms with Gasteiger partial charge in [0, 0.05) is 17.2 Å². The highest BCUT2D eigenvalue weighted by molar-refractivity contribution is 9.10. The standard InChI is InChI=1S/C13H15BrClN3/c1-2-7-18-12(5-6-17-18)13(16)9-3-4-10(14)11(15)8-9/h3-6,8,13H,2,7,16H2,1H3. The second-order valence-electron chi connectivity index (χ2n) is 4.13. The molecule has 0 aliphatic heterocycles. The van der Waals surface area contributed by atoms with Gasteiger partial charge < -0.3 is 5.73 Å². The molecule has 0 saturated carbocycles. The molecule has 2 rings (SSSR count). The average Bonchev–Trinajstić information content (AvgIpc) is 2.80. The van der Waals surface area contributed by atoms with E-state index in [1.807, 2.05) is 28.9 Å². The van der Waals surface area contributed by atoms with Gasteiger partial charge >= 0.3 is 0 Å². The second-order valence-corrected chi connectivity index (χ2v) is 5.39. The van der Waals surface area contributed by atoms with Crippen molar-refractivity contribution in [1.82, 2.24) is 9.78 Å². The van der Waals surface area contributed by atoms with E-state index < -0.39 is 0 Å². The molecule has 0 aliphatic rings. The van der Waals surface area contributed by atoms with Crippen molar-refractivity contribution in [3.8, 4) is 0 Å². The summed E-state index contributed by atoms with van der Waals surface area (Å²) in [5.41, 5.74) is 8.27. The number of aryl methyl sites for hydroxylation is 1. The van der Waals surface area contributed by atoms with Crippen molar-refractivity contribution < 1.29 is 0 Å². The zero-order valence-electron chi connectivity index (χ0n) is 10.1. The van der Waals surface area contributed by atoms with E-state index in [1.165, 1.54) is 0 Å². The first-order chi connectivity index (χ1) is 8.63. The number of hydrogen-bond donors (Lipinski definition) is 1. The lowest BCUT2D eigenvalue weighted by Gasteiger charge is -2.15. The molecule has 1 heterocycles. The van der Waals surface area contributed by atoms with Crippen LogP contribution in [-0.2, 0) is 6.54 Å². The summed E-state index contributed by atoms with van der Waals surface area (Å²) in [5, 5.41) is 4.96. The van der Waals surface area contributed by atoms with Gasteiger partial charge in [-0.15, -0.1) is 0 Å². The van der Waals surface area contributed by atoms with Gasteiger partial charge in [-0.05, 0) is 46.1 Å². The van der Waals surface area contributed by atoms with Gasteiger partial charge in [0.05, 0.1) is 16.8 Å². The summed E-state index contributed by atoms with van der Waals surface area (Å²) in [6, 6.07) is 7.53. The van der Waals surface area contributed by atoms with E-state index >= 15 is 0 Å². The first-order valence-corrected chi connectivity index (χ1v) is 7.02. The molecule has 0 bridgehead atoms. The average molecular weight is 329 g/mol. The molecule has 3 nitrogen and oxygen atoms in total. The molecule has 18 heavy (non-hydrogen) atoms. The third-order valence-electron chi connectivity index (χ3n) is 2.81. The Balaban J connectivity index is 2.32. The summed E-state index contributed by atoms with van der Waals surface area (Å²) in [7, 11) is 0. The van der Waals surface area contributed by atoms with Crippen LogP contribution in [0.5, 0.6) is 0 Å². The Morgan fingerprint density at radius 1 is 1.44 bits per heavy atom. The molecular weight excluding hydrogens is 314 g/mol. The van der Waals surface area contributed by atoms with Crippen LogP contribution in [0, 0.1) is 0 Å². The Morgan fingerprint density at radius 2 is 2.22 bits per heavy atom. The van der Waals surface area contributed by atoms with E-state index in [4.69, 9.17) is 17.3 Å². The van der Waals surface area contributed by atoms with E-state index in [2.05, 4.69) is 28.0 Å². The van der Waals surface area contributed by atoms with Crippen molar-refractivity contribution in [3.63, 3.8) is 0 Å². The molecule has 1 aromatic carbocycles. The molecule has 0 spiro atoms. The number of rotatable bonds is 4. The van der Waals surface area contributed by atoms with Crippen LogP contribution >= 0.6 is 27.5 Å². The molecule has 1 aromatic heterocycles. The van der Waals surface area contributed by atoms with Gasteiger partial charge in [0.2, 0.25) is 0 Å². The summed E-state index contributed by atoms with van der Waals surface area (Å²) in [6.45, 7) is 2.99. The van der Waals surface area contributed by atoms with E-state index in [-0.39, 0.29) is 6.04 Å². The van der Waals surface area contributed by atoms with Gasteiger partial charge in [-0.1, -0.05) is 24.6 Å². The quantitative estimate of drug-likeness (QED) is 0.928. The van der Waals surface area contributed by atoms with Gasteiger partial charge in [0.15, 0.2) is 0 Å². The van der Waals surface area contributed by atoms with Crippen molar-refractivity contribution in [2.75, 3.05) is 0 Å². The smallest absolute Gasteiger partial charge is 0.0723 e. The number of halogens is 2. The molecule has 0 aliphatic carbocycles. The summed E-state index contributed by atoms with van der Waals surface area (Å²) < 4.78 is 2.82. The Morgan fingerprint density at radius 3 is 2.89 bits per heavy atom. The molecule has 0 amide bonds. The predicted molar refractivity (Wildman–Crippen MR) is 77.7 cm³/mol. The Hall–Kier alpha value is -0.840. The normalized spacial score (nSPS) is 12.7. The van der Waals surface area contributed by atoms with Crippen LogP contribution < -0.4 is 5.73 Å². The zero-order chi connectivity index (χ0) is 13.1. The first-order valence-electron chi connectivity index (χ1n) is 5.85. The monoisotopic (exact) mass is 327 g/mol. The maximum absolute atomic E-state index is 6.28. The fourth-order valence-corrected chi connectivity index (χ4v) is 2.32. The van der Waals surface area contributed by atoms with Crippen LogP contribution in [0.3, 0.4) is 0 Å². The van der Waals surface area contributed by atoms with Crippen molar-refractivity contribution in [3.05, 3.63) is 51.2 Å². The van der Waals surface area contributed by atoms with Crippen LogP contribution in [0.2, 0.25) is 5.02 Å². The van der Waals surface area contributed by atoms with E-state index in [0.717, 1.165) is 28.7 Å². The lowest BCUT2D eigenvalue weighted by Crippen LogP contribution is -2.17. The molecule has 0 fully saturated rings. The highest BCUT2D eigenvalue weighted by Gasteiger charge is 2.14. The van der Waals surface area contributed by atoms with Crippen LogP contribution in [0.1, 0.15) is 30.6 Å². The molecular formula is C13H15BrClN3. The number of hydrogen-bond acceptors (Lipinski definition) is 2. The predicted octanol–water partition coefficient (Wildman–Crippen LogP) is 3.76. The van der Waals surface area contributed by atoms with Crippen molar-refractivity contribution in [2.45, 2.75) is 25.9 Å². The van der Waals surface area contributed by atoms with E-state index in [0.29, 0.717) is 5.02 Å². The van der Waals surface area contributed by atoms with Crippen LogP contribution in [0.4, 0.5) is 0 Å². The van der Waals surface area contributed by atoms with Gasteiger partial charge in [-0.2, -0.15) is 5.10 Å². The first kappa shape index (κ1) is 13.6. The lowest BCUT2D eigenvalue weighted by molar-refractivity contribution is 0.560. The Bertz CT molecular complexity index is 539. The van der Waals surface area contributed by atoms with Crippen molar-refractivity contribution in [1.29, 1.82) is 0 Å². The number of aromatic nitrogens is 2. The van der Waals surface area contributed by atoms with Crippen molar-refractivity contribution >= 4 is 27.5 Å². The largest absolute Gasteiger partial charge is 0.319 e. The van der Waals surface area contributed by atoms with Crippen LogP contribution in [0.15, 0.2) is 34.9 Å². The minimum absolute atomic E-state index is 0.204. The Kier molecular flexibility index (Phi) is 4.43. The third kappa shape index (κ3) is 2.76. The molecule has 0 saturated heterocycles. The van der Waals surface area contributed by atoms with Gasteiger partial charge in [-0.25, -0.2) is 0 Å². The lowest BCUT2D eigenvalue weighted by atomic mass is 10.0. The number of nitrogens with two attached hydrogens (primary N) is 1.